The minimum absolute atomic E-state index is 0.180. The average Bonchev–Trinajstić information content (AvgIpc) is 3.30. The van der Waals surface area contributed by atoms with Crippen LogP contribution in [-0.2, 0) is 11.8 Å². The van der Waals surface area contributed by atoms with Gasteiger partial charge in [-0.25, -0.2) is 19.3 Å². The van der Waals surface area contributed by atoms with Crippen LogP contribution in [0.5, 0.6) is 0 Å². The largest absolute Gasteiger partial charge is 0.301 e. The molecule has 7 nitrogen and oxygen atoms in total. The average molecular weight is 414 g/mol. The van der Waals surface area contributed by atoms with E-state index in [1.54, 1.807) is 37.0 Å². The molecule has 0 aliphatic heterocycles. The number of nitrogens with one attached hydrogen (secondary N) is 1. The fourth-order valence-electron chi connectivity index (χ4n) is 2.55. The highest BCUT2D eigenvalue weighted by Crippen LogP contribution is 2.29. The molecular weight excluding hydrogens is 399 g/mol. The molecular formula is C18H15FN6OS2. The summed E-state index contributed by atoms with van der Waals surface area (Å²) >= 11 is 2.66. The number of thioether (sulfide) groups is 1. The first-order chi connectivity index (χ1) is 13.5. The quantitative estimate of drug-likeness (QED) is 0.395. The number of hydrogen-bond donors (Lipinski definition) is 1. The third-order valence-electron chi connectivity index (χ3n) is 4.02. The van der Waals surface area contributed by atoms with E-state index >= 15 is 0 Å². The molecule has 142 valence electrons. The molecule has 1 amide bonds. The molecule has 10 heteroatoms. The predicted molar refractivity (Wildman–Crippen MR) is 108 cm³/mol. The molecule has 0 aliphatic carbocycles. The van der Waals surface area contributed by atoms with Crippen molar-refractivity contribution >= 4 is 45.2 Å². The molecule has 0 fully saturated rings. The highest BCUT2D eigenvalue weighted by atomic mass is 32.2. The van der Waals surface area contributed by atoms with Gasteiger partial charge in [0, 0.05) is 18.0 Å². The summed E-state index contributed by atoms with van der Waals surface area (Å²) in [5, 5.41) is 10.4. The molecule has 0 bridgehead atoms. The highest BCUT2D eigenvalue weighted by Gasteiger charge is 2.19. The van der Waals surface area contributed by atoms with Crippen LogP contribution in [0.25, 0.3) is 22.3 Å². The molecule has 28 heavy (non-hydrogen) atoms. The zero-order valence-electron chi connectivity index (χ0n) is 15.0. The van der Waals surface area contributed by atoms with Gasteiger partial charge in [0.25, 0.3) is 0 Å². The Balaban J connectivity index is 1.45. The molecule has 0 radical (unpaired) electrons. The van der Waals surface area contributed by atoms with Crippen molar-refractivity contribution in [3.63, 3.8) is 0 Å². The molecule has 0 spiro atoms. The van der Waals surface area contributed by atoms with E-state index in [0.29, 0.717) is 21.5 Å². The van der Waals surface area contributed by atoms with E-state index in [4.69, 9.17) is 0 Å². The van der Waals surface area contributed by atoms with E-state index in [9.17, 15) is 9.18 Å². The number of thiazole rings is 1. The summed E-state index contributed by atoms with van der Waals surface area (Å²) in [6.07, 6.45) is 3.16. The summed E-state index contributed by atoms with van der Waals surface area (Å²) in [6, 6.07) is 6.07. The van der Waals surface area contributed by atoms with E-state index in [1.807, 2.05) is 5.38 Å². The molecule has 0 saturated heterocycles. The van der Waals surface area contributed by atoms with Crippen molar-refractivity contribution in [2.24, 2.45) is 7.05 Å². The Morgan fingerprint density at radius 1 is 1.29 bits per heavy atom. The van der Waals surface area contributed by atoms with Gasteiger partial charge in [-0.2, -0.15) is 5.10 Å². The van der Waals surface area contributed by atoms with Crippen LogP contribution in [0.4, 0.5) is 9.52 Å². The monoisotopic (exact) mass is 414 g/mol. The smallest absolute Gasteiger partial charge is 0.239 e. The van der Waals surface area contributed by atoms with Crippen LogP contribution in [0.15, 0.2) is 47.2 Å². The first-order valence-electron chi connectivity index (χ1n) is 8.33. The summed E-state index contributed by atoms with van der Waals surface area (Å²) in [5.74, 6) is -0.480. The topological polar surface area (TPSA) is 85.6 Å². The lowest BCUT2D eigenvalue weighted by molar-refractivity contribution is -0.115. The SMILES string of the molecule is C[C@H](Sc1ncnc2c1cnn2C)C(=O)Nc1nc(-c2ccc(F)cc2)cs1. The third-order valence-corrected chi connectivity index (χ3v) is 5.90. The number of aryl methyl sites for hydroxylation is 1. The lowest BCUT2D eigenvalue weighted by Crippen LogP contribution is -2.22. The van der Waals surface area contributed by atoms with Crippen molar-refractivity contribution in [3.05, 3.63) is 48.0 Å². The Morgan fingerprint density at radius 3 is 2.86 bits per heavy atom. The standard InChI is InChI=1S/C18H15FN6OS2/c1-10(28-17-13-7-22-25(2)15(13)20-9-21-17)16(26)24-18-23-14(8-27-18)11-3-5-12(19)6-4-11/h3-10H,1-2H3,(H,23,24,26)/t10-/m0/s1. The summed E-state index contributed by atoms with van der Waals surface area (Å²) < 4.78 is 14.7. The molecule has 1 N–H and O–H groups in total. The number of fused-ring (bicyclic) bond motifs is 1. The molecule has 3 aromatic heterocycles. The highest BCUT2D eigenvalue weighted by molar-refractivity contribution is 8.00. The number of aromatic nitrogens is 5. The van der Waals surface area contributed by atoms with E-state index in [2.05, 4.69) is 25.4 Å². The van der Waals surface area contributed by atoms with Crippen LogP contribution >= 0.6 is 23.1 Å². The number of carbonyl (C=O) groups is 1. The van der Waals surface area contributed by atoms with Crippen LogP contribution in [0.2, 0.25) is 0 Å². The van der Waals surface area contributed by atoms with Gasteiger partial charge in [0.1, 0.15) is 17.2 Å². The molecule has 3 heterocycles. The van der Waals surface area contributed by atoms with Crippen molar-refractivity contribution < 1.29 is 9.18 Å². The molecule has 0 saturated carbocycles. The fraction of sp³-hybridized carbons (Fsp3) is 0.167. The molecule has 0 unspecified atom stereocenters. The Labute approximate surface area is 168 Å². The maximum absolute atomic E-state index is 13.1. The van der Waals surface area contributed by atoms with Crippen LogP contribution in [0.1, 0.15) is 6.92 Å². The second kappa shape index (κ2) is 7.64. The minimum Gasteiger partial charge on any atom is -0.301 e. The van der Waals surface area contributed by atoms with Crippen molar-refractivity contribution in [1.82, 2.24) is 24.7 Å². The molecule has 1 atom stereocenters. The van der Waals surface area contributed by atoms with Gasteiger partial charge < -0.3 is 5.32 Å². The van der Waals surface area contributed by atoms with Crippen molar-refractivity contribution in [3.8, 4) is 11.3 Å². The lowest BCUT2D eigenvalue weighted by Gasteiger charge is -2.10. The maximum atomic E-state index is 13.1. The first-order valence-corrected chi connectivity index (χ1v) is 10.1. The molecule has 4 aromatic rings. The van der Waals surface area contributed by atoms with Crippen LogP contribution in [0, 0.1) is 5.82 Å². The van der Waals surface area contributed by atoms with E-state index in [-0.39, 0.29) is 11.7 Å². The van der Waals surface area contributed by atoms with Gasteiger partial charge in [-0.05, 0) is 31.2 Å². The number of amides is 1. The number of hydrogen-bond acceptors (Lipinski definition) is 7. The number of halogens is 1. The van der Waals surface area contributed by atoms with E-state index in [1.165, 1.54) is 41.6 Å². The van der Waals surface area contributed by atoms with Crippen molar-refractivity contribution in [1.29, 1.82) is 0 Å². The fourth-order valence-corrected chi connectivity index (χ4v) is 4.15. The van der Waals surface area contributed by atoms with Gasteiger partial charge in [-0.3, -0.25) is 9.48 Å². The second-order valence-corrected chi connectivity index (χ2v) is 8.17. The Morgan fingerprint density at radius 2 is 2.07 bits per heavy atom. The predicted octanol–water partition coefficient (Wildman–Crippen LogP) is 3.75. The number of nitrogens with zero attached hydrogens (tertiary/aromatic N) is 5. The summed E-state index contributed by atoms with van der Waals surface area (Å²) in [5.41, 5.74) is 2.20. The second-order valence-electron chi connectivity index (χ2n) is 5.98. The number of benzene rings is 1. The van der Waals surface area contributed by atoms with E-state index < -0.39 is 5.25 Å². The van der Waals surface area contributed by atoms with Crippen LogP contribution < -0.4 is 5.32 Å². The Hall–Kier alpha value is -2.85. The van der Waals surface area contributed by atoms with E-state index in [0.717, 1.165) is 10.9 Å². The zero-order valence-corrected chi connectivity index (χ0v) is 16.6. The third kappa shape index (κ3) is 3.73. The number of anilines is 1. The van der Waals surface area contributed by atoms with Gasteiger partial charge >= 0.3 is 0 Å². The molecule has 0 aliphatic rings. The minimum atomic E-state index is -0.392. The van der Waals surface area contributed by atoms with Gasteiger partial charge in [0.05, 0.1) is 22.5 Å². The summed E-state index contributed by atoms with van der Waals surface area (Å²) in [6.45, 7) is 1.80. The van der Waals surface area contributed by atoms with Gasteiger partial charge in [-0.1, -0.05) is 11.8 Å². The summed E-state index contributed by atoms with van der Waals surface area (Å²) in [7, 11) is 1.81. The number of carbonyl (C=O) groups excluding carboxylic acids is 1. The Bertz CT molecular complexity index is 1140. The van der Waals surface area contributed by atoms with Crippen LogP contribution in [-0.4, -0.2) is 35.9 Å². The Kier molecular flexibility index (Phi) is 5.05. The van der Waals surface area contributed by atoms with Gasteiger partial charge in [0.2, 0.25) is 5.91 Å². The van der Waals surface area contributed by atoms with Gasteiger partial charge in [-0.15, -0.1) is 11.3 Å². The maximum Gasteiger partial charge on any atom is 0.239 e. The zero-order chi connectivity index (χ0) is 19.7. The van der Waals surface area contributed by atoms with Crippen molar-refractivity contribution in [2.45, 2.75) is 17.2 Å². The molecule has 1 aromatic carbocycles. The summed E-state index contributed by atoms with van der Waals surface area (Å²) in [4.78, 5) is 25.5. The normalized spacial score (nSPS) is 12.2. The molecule has 4 rings (SSSR count). The van der Waals surface area contributed by atoms with Gasteiger partial charge in [0.15, 0.2) is 10.8 Å². The number of rotatable bonds is 5. The van der Waals surface area contributed by atoms with Crippen LogP contribution in [0.3, 0.4) is 0 Å². The lowest BCUT2D eigenvalue weighted by atomic mass is 10.2. The van der Waals surface area contributed by atoms with Crippen molar-refractivity contribution in [2.75, 3.05) is 5.32 Å². The first kappa shape index (κ1) is 18.5.